The van der Waals surface area contributed by atoms with Crippen LogP contribution in [0.3, 0.4) is 0 Å². The van der Waals surface area contributed by atoms with E-state index in [1.165, 1.54) is 80.8 Å². The van der Waals surface area contributed by atoms with Gasteiger partial charge < -0.3 is 4.90 Å². The molecule has 0 aliphatic carbocycles. The Bertz CT molecular complexity index is 2890. The molecule has 0 spiro atoms. The zero-order chi connectivity index (χ0) is 34.4. The monoisotopic (exact) mass is 679 g/mol. The van der Waals surface area contributed by atoms with Gasteiger partial charge in [-0.25, -0.2) is 0 Å². The molecular formula is C50H33NS. The van der Waals surface area contributed by atoms with E-state index < -0.39 is 0 Å². The van der Waals surface area contributed by atoms with Crippen LogP contribution in [0.25, 0.3) is 75.1 Å². The van der Waals surface area contributed by atoms with E-state index in [-0.39, 0.29) is 0 Å². The number of fused-ring (bicyclic) bond motifs is 5. The zero-order valence-corrected chi connectivity index (χ0v) is 29.2. The lowest BCUT2D eigenvalue weighted by Gasteiger charge is -2.27. The fourth-order valence-electron chi connectivity index (χ4n) is 7.63. The Morgan fingerprint density at radius 3 is 1.63 bits per heavy atom. The van der Waals surface area contributed by atoms with Gasteiger partial charge in [-0.1, -0.05) is 158 Å². The first-order valence-corrected chi connectivity index (χ1v) is 18.6. The largest absolute Gasteiger partial charge is 0.310 e. The summed E-state index contributed by atoms with van der Waals surface area (Å²) < 4.78 is 2.60. The van der Waals surface area contributed by atoms with E-state index in [1.54, 1.807) is 0 Å². The maximum Gasteiger partial charge on any atom is 0.0554 e. The van der Waals surface area contributed by atoms with Crippen molar-refractivity contribution in [2.24, 2.45) is 0 Å². The van der Waals surface area contributed by atoms with Crippen molar-refractivity contribution in [1.82, 2.24) is 0 Å². The minimum absolute atomic E-state index is 1.12. The summed E-state index contributed by atoms with van der Waals surface area (Å²) in [6, 6.07) is 72.9. The quantitative estimate of drug-likeness (QED) is 0.169. The highest BCUT2D eigenvalue weighted by molar-refractivity contribution is 7.26. The molecule has 9 aromatic carbocycles. The molecule has 0 fully saturated rings. The highest BCUT2D eigenvalue weighted by atomic mass is 32.1. The maximum absolute atomic E-state index is 2.43. The van der Waals surface area contributed by atoms with E-state index in [0.717, 1.165) is 11.4 Å². The number of anilines is 3. The Morgan fingerprint density at radius 2 is 0.904 bits per heavy atom. The molecule has 2 heteroatoms. The second-order valence-electron chi connectivity index (χ2n) is 13.4. The van der Waals surface area contributed by atoms with E-state index in [0.29, 0.717) is 0 Å². The van der Waals surface area contributed by atoms with Gasteiger partial charge in [0, 0.05) is 31.5 Å². The summed E-state index contributed by atoms with van der Waals surface area (Å²) in [5.41, 5.74) is 10.8. The molecule has 52 heavy (non-hydrogen) atoms. The van der Waals surface area contributed by atoms with Crippen LogP contribution in [0.2, 0.25) is 0 Å². The molecule has 0 aliphatic rings. The Morgan fingerprint density at radius 1 is 0.346 bits per heavy atom. The molecule has 10 aromatic rings. The predicted octanol–water partition coefficient (Wildman–Crippen LogP) is 14.8. The molecule has 0 unspecified atom stereocenters. The van der Waals surface area contributed by atoms with Crippen molar-refractivity contribution in [3.8, 4) is 33.4 Å². The van der Waals surface area contributed by atoms with Crippen molar-refractivity contribution in [3.05, 3.63) is 200 Å². The second kappa shape index (κ2) is 12.7. The third kappa shape index (κ3) is 5.33. The topological polar surface area (TPSA) is 3.24 Å². The first-order valence-electron chi connectivity index (χ1n) is 17.8. The smallest absolute Gasteiger partial charge is 0.0554 e. The summed E-state index contributed by atoms with van der Waals surface area (Å²) in [6.45, 7) is 0. The molecule has 0 atom stereocenters. The molecule has 0 aliphatic heterocycles. The Balaban J connectivity index is 1.08. The van der Waals surface area contributed by atoms with Gasteiger partial charge in [0.05, 0.1) is 5.69 Å². The third-order valence-electron chi connectivity index (χ3n) is 10.2. The molecule has 0 bridgehead atoms. The number of hydrogen-bond donors (Lipinski definition) is 0. The normalized spacial score (nSPS) is 11.5. The lowest BCUT2D eigenvalue weighted by atomic mass is 9.98. The molecule has 1 nitrogen and oxygen atoms in total. The predicted molar refractivity (Wildman–Crippen MR) is 225 cm³/mol. The standard InChI is InChI=1S/C50H33NS/c1-2-12-39(13-3-1)45-16-8-17-46-49-47(18-9-19-48(49)52-50(45)46)51(44-31-28-35-11-5-7-15-41(35)33-44)43-29-26-37(27-30-43)36-20-22-38(23-21-36)42-25-24-34-10-4-6-14-40(34)32-42/h1-33H. The summed E-state index contributed by atoms with van der Waals surface area (Å²) in [7, 11) is 0. The minimum atomic E-state index is 1.12. The Labute approximate surface area is 307 Å². The lowest BCUT2D eigenvalue weighted by Crippen LogP contribution is -2.10. The minimum Gasteiger partial charge on any atom is -0.310 e. The van der Waals surface area contributed by atoms with Gasteiger partial charge in [-0.3, -0.25) is 0 Å². The molecule has 1 aromatic heterocycles. The van der Waals surface area contributed by atoms with Crippen molar-refractivity contribution in [1.29, 1.82) is 0 Å². The average molecular weight is 680 g/mol. The SMILES string of the molecule is c1ccc(-c2cccc3c2sc2cccc(N(c4ccc(-c5ccc(-c6ccc7ccccc7c6)cc5)cc4)c4ccc5ccccc5c4)c23)cc1. The van der Waals surface area contributed by atoms with Crippen LogP contribution in [0.15, 0.2) is 200 Å². The van der Waals surface area contributed by atoms with Crippen LogP contribution in [-0.2, 0) is 0 Å². The molecule has 0 N–H and O–H groups in total. The van der Waals surface area contributed by atoms with Crippen molar-refractivity contribution < 1.29 is 0 Å². The Hall–Kier alpha value is -6.48. The highest BCUT2D eigenvalue weighted by Gasteiger charge is 2.20. The number of nitrogens with zero attached hydrogens (tertiary/aromatic N) is 1. The van der Waals surface area contributed by atoms with Crippen LogP contribution >= 0.6 is 11.3 Å². The number of benzene rings is 9. The van der Waals surface area contributed by atoms with Crippen LogP contribution in [0, 0.1) is 0 Å². The van der Waals surface area contributed by atoms with Gasteiger partial charge in [0.1, 0.15) is 0 Å². The van der Waals surface area contributed by atoms with Crippen molar-refractivity contribution in [2.75, 3.05) is 4.90 Å². The van der Waals surface area contributed by atoms with Crippen molar-refractivity contribution >= 4 is 70.1 Å². The van der Waals surface area contributed by atoms with Crippen LogP contribution in [0.1, 0.15) is 0 Å². The van der Waals surface area contributed by atoms with Crippen molar-refractivity contribution in [3.63, 3.8) is 0 Å². The van der Waals surface area contributed by atoms with E-state index >= 15 is 0 Å². The first-order chi connectivity index (χ1) is 25.8. The number of thiophene rings is 1. The van der Waals surface area contributed by atoms with Crippen LogP contribution in [0.5, 0.6) is 0 Å². The average Bonchev–Trinajstić information content (AvgIpc) is 3.61. The van der Waals surface area contributed by atoms with E-state index in [9.17, 15) is 0 Å². The van der Waals surface area contributed by atoms with E-state index in [2.05, 4.69) is 205 Å². The Kier molecular flexibility index (Phi) is 7.41. The highest BCUT2D eigenvalue weighted by Crippen LogP contribution is 2.47. The summed E-state index contributed by atoms with van der Waals surface area (Å²) in [5, 5.41) is 7.55. The van der Waals surface area contributed by atoms with Gasteiger partial charge in [0.2, 0.25) is 0 Å². The summed E-state index contributed by atoms with van der Waals surface area (Å²) in [6.07, 6.45) is 0. The van der Waals surface area contributed by atoms with E-state index in [1.807, 2.05) is 11.3 Å². The second-order valence-corrected chi connectivity index (χ2v) is 14.4. The maximum atomic E-state index is 2.43. The van der Waals surface area contributed by atoms with E-state index in [4.69, 9.17) is 0 Å². The van der Waals surface area contributed by atoms with Gasteiger partial charge >= 0.3 is 0 Å². The summed E-state index contributed by atoms with van der Waals surface area (Å²) in [5.74, 6) is 0. The van der Waals surface area contributed by atoms with Gasteiger partial charge in [-0.2, -0.15) is 0 Å². The fourth-order valence-corrected chi connectivity index (χ4v) is 8.89. The molecule has 0 saturated heterocycles. The summed E-state index contributed by atoms with van der Waals surface area (Å²) >= 11 is 1.88. The first kappa shape index (κ1) is 30.4. The molecule has 244 valence electrons. The molecule has 10 rings (SSSR count). The van der Waals surface area contributed by atoms with Crippen LogP contribution in [0.4, 0.5) is 17.1 Å². The van der Waals surface area contributed by atoms with Gasteiger partial charge in [0.15, 0.2) is 0 Å². The van der Waals surface area contributed by atoms with Gasteiger partial charge in [-0.05, 0) is 97.4 Å². The third-order valence-corrected chi connectivity index (χ3v) is 11.4. The van der Waals surface area contributed by atoms with Crippen LogP contribution < -0.4 is 4.90 Å². The molecule has 1 heterocycles. The van der Waals surface area contributed by atoms with Crippen molar-refractivity contribution in [2.45, 2.75) is 0 Å². The number of hydrogen-bond acceptors (Lipinski definition) is 2. The van der Waals surface area contributed by atoms with Gasteiger partial charge in [-0.15, -0.1) is 11.3 Å². The lowest BCUT2D eigenvalue weighted by molar-refractivity contribution is 1.31. The summed E-state index contributed by atoms with van der Waals surface area (Å²) in [4.78, 5) is 2.43. The fraction of sp³-hybridized carbons (Fsp3) is 0. The van der Waals surface area contributed by atoms with Gasteiger partial charge in [0.25, 0.3) is 0 Å². The van der Waals surface area contributed by atoms with Crippen LogP contribution in [-0.4, -0.2) is 0 Å². The molecular weight excluding hydrogens is 647 g/mol. The number of rotatable bonds is 6. The molecule has 0 saturated carbocycles. The zero-order valence-electron chi connectivity index (χ0n) is 28.4. The molecule has 0 radical (unpaired) electrons. The molecule has 0 amide bonds.